The molecule has 0 fully saturated rings. The minimum atomic E-state index is 0.117. The Balaban J connectivity index is 2.60. The van der Waals surface area contributed by atoms with Crippen LogP contribution in [0.25, 0.3) is 0 Å². The van der Waals surface area contributed by atoms with Crippen LogP contribution in [0.2, 0.25) is 5.28 Å². The molecule has 0 saturated heterocycles. The molecule has 0 atom stereocenters. The number of halogens is 1. The van der Waals surface area contributed by atoms with Crippen molar-refractivity contribution in [2.75, 3.05) is 23.7 Å². The molecule has 1 heterocycles. The molecule has 6 nitrogen and oxygen atoms in total. The number of aromatic nitrogens is 2. The molecule has 88 valence electrons. The zero-order chi connectivity index (χ0) is 12.5. The molecule has 1 aromatic rings. The maximum Gasteiger partial charge on any atom is 0.226 e. The van der Waals surface area contributed by atoms with Crippen LogP contribution in [-0.4, -0.2) is 23.1 Å². The lowest BCUT2D eigenvalue weighted by molar-refractivity contribution is 1.02. The van der Waals surface area contributed by atoms with E-state index in [-0.39, 0.29) is 5.28 Å². The number of hydrogen-bond acceptors (Lipinski definition) is 6. The fourth-order valence-corrected chi connectivity index (χ4v) is 1.27. The van der Waals surface area contributed by atoms with Gasteiger partial charge in [0, 0.05) is 19.2 Å². The summed E-state index contributed by atoms with van der Waals surface area (Å²) >= 11 is 5.74. The number of nitrogens with one attached hydrogen (secondary N) is 2. The van der Waals surface area contributed by atoms with Crippen LogP contribution in [0.3, 0.4) is 0 Å². The zero-order valence-electron chi connectivity index (χ0n) is 9.07. The van der Waals surface area contributed by atoms with Gasteiger partial charge in [0.15, 0.2) is 0 Å². The highest BCUT2D eigenvalue weighted by molar-refractivity contribution is 6.28. The predicted molar refractivity (Wildman–Crippen MR) is 64.5 cm³/mol. The summed E-state index contributed by atoms with van der Waals surface area (Å²) in [7, 11) is 0. The van der Waals surface area contributed by atoms with Crippen LogP contribution in [0.5, 0.6) is 0 Å². The normalized spacial score (nSPS) is 9.12. The molecule has 7 heteroatoms. The van der Waals surface area contributed by atoms with Crippen LogP contribution in [-0.2, 0) is 0 Å². The number of anilines is 2. The molecule has 2 N–H and O–H groups in total. The summed E-state index contributed by atoms with van der Waals surface area (Å²) in [6, 6.07) is 5.72. The minimum absolute atomic E-state index is 0.117. The standard InChI is InChI=1S/C10H11ClN6/c11-10-16-8(14-5-1-3-12)7-9(17-10)15-6-2-4-13/h7H,1-2,5-6H2,(H2,14,15,16,17). The van der Waals surface area contributed by atoms with Gasteiger partial charge in [-0.1, -0.05) is 0 Å². The van der Waals surface area contributed by atoms with E-state index in [1.54, 1.807) is 6.07 Å². The first kappa shape index (κ1) is 13.0. The first-order valence-corrected chi connectivity index (χ1v) is 5.40. The third-order valence-electron chi connectivity index (χ3n) is 1.78. The molecule has 1 rings (SSSR count). The van der Waals surface area contributed by atoms with Crippen molar-refractivity contribution < 1.29 is 0 Å². The van der Waals surface area contributed by atoms with E-state index in [0.717, 1.165) is 0 Å². The fourth-order valence-electron chi connectivity index (χ4n) is 1.09. The van der Waals surface area contributed by atoms with E-state index >= 15 is 0 Å². The van der Waals surface area contributed by atoms with Crippen LogP contribution in [0.1, 0.15) is 12.8 Å². The van der Waals surface area contributed by atoms with Crippen molar-refractivity contribution in [3.05, 3.63) is 11.3 Å². The van der Waals surface area contributed by atoms with E-state index in [0.29, 0.717) is 37.6 Å². The van der Waals surface area contributed by atoms with Crippen molar-refractivity contribution in [2.45, 2.75) is 12.8 Å². The summed E-state index contributed by atoms with van der Waals surface area (Å²) < 4.78 is 0. The maximum atomic E-state index is 8.40. The largest absolute Gasteiger partial charge is 0.369 e. The van der Waals surface area contributed by atoms with Gasteiger partial charge in [-0.25, -0.2) is 9.97 Å². The van der Waals surface area contributed by atoms with Crippen molar-refractivity contribution in [3.8, 4) is 12.1 Å². The first-order chi connectivity index (χ1) is 8.26. The molecule has 0 unspecified atom stereocenters. The van der Waals surface area contributed by atoms with E-state index in [4.69, 9.17) is 22.1 Å². The van der Waals surface area contributed by atoms with E-state index in [9.17, 15) is 0 Å². The van der Waals surface area contributed by atoms with Crippen molar-refractivity contribution >= 4 is 23.2 Å². The number of hydrogen-bond donors (Lipinski definition) is 2. The monoisotopic (exact) mass is 250 g/mol. The van der Waals surface area contributed by atoms with Gasteiger partial charge in [0.25, 0.3) is 0 Å². The summed E-state index contributed by atoms with van der Waals surface area (Å²) in [5.41, 5.74) is 0. The fraction of sp³-hybridized carbons (Fsp3) is 0.400. The molecule has 0 amide bonds. The molecule has 0 aliphatic carbocycles. The van der Waals surface area contributed by atoms with Gasteiger partial charge in [0.2, 0.25) is 5.28 Å². The van der Waals surface area contributed by atoms with E-state index in [2.05, 4.69) is 20.6 Å². The Morgan fingerprint density at radius 3 is 1.94 bits per heavy atom. The number of nitrogens with zero attached hydrogens (tertiary/aromatic N) is 4. The predicted octanol–water partition coefficient (Wildman–Crippen LogP) is 1.78. The Hall–Kier alpha value is -2.05. The second kappa shape index (κ2) is 7.26. The molecule has 0 aliphatic rings. The molecule has 0 radical (unpaired) electrons. The van der Waals surface area contributed by atoms with Crippen molar-refractivity contribution in [3.63, 3.8) is 0 Å². The second-order valence-electron chi connectivity index (χ2n) is 3.08. The smallest absolute Gasteiger partial charge is 0.226 e. The third kappa shape index (κ3) is 5.01. The Kier molecular flexibility index (Phi) is 5.56. The average Bonchev–Trinajstić information content (AvgIpc) is 2.29. The van der Waals surface area contributed by atoms with Crippen LogP contribution < -0.4 is 10.6 Å². The lowest BCUT2D eigenvalue weighted by Crippen LogP contribution is -2.07. The van der Waals surface area contributed by atoms with Gasteiger partial charge in [-0.2, -0.15) is 10.5 Å². The molecule has 0 spiro atoms. The average molecular weight is 251 g/mol. The Morgan fingerprint density at radius 1 is 1.06 bits per heavy atom. The molecule has 0 saturated carbocycles. The highest BCUT2D eigenvalue weighted by atomic mass is 35.5. The van der Waals surface area contributed by atoms with Crippen molar-refractivity contribution in [1.29, 1.82) is 10.5 Å². The second-order valence-corrected chi connectivity index (χ2v) is 3.42. The Labute approximate surface area is 104 Å². The van der Waals surface area contributed by atoms with Gasteiger partial charge in [-0.3, -0.25) is 0 Å². The van der Waals surface area contributed by atoms with Gasteiger partial charge >= 0.3 is 0 Å². The molecule has 0 aromatic carbocycles. The van der Waals surface area contributed by atoms with E-state index in [1.165, 1.54) is 0 Å². The Morgan fingerprint density at radius 2 is 1.53 bits per heavy atom. The topological polar surface area (TPSA) is 97.4 Å². The maximum absolute atomic E-state index is 8.40. The van der Waals surface area contributed by atoms with Crippen LogP contribution >= 0.6 is 11.6 Å². The summed E-state index contributed by atoms with van der Waals surface area (Å²) in [6.45, 7) is 1.00. The van der Waals surface area contributed by atoms with Crippen LogP contribution in [0, 0.1) is 22.7 Å². The van der Waals surface area contributed by atoms with Gasteiger partial charge < -0.3 is 10.6 Å². The molecular formula is C10H11ClN6. The lowest BCUT2D eigenvalue weighted by Gasteiger charge is -2.07. The van der Waals surface area contributed by atoms with Crippen LogP contribution in [0.15, 0.2) is 6.07 Å². The highest BCUT2D eigenvalue weighted by Crippen LogP contribution is 2.14. The van der Waals surface area contributed by atoms with Gasteiger partial charge in [-0.15, -0.1) is 0 Å². The third-order valence-corrected chi connectivity index (χ3v) is 1.95. The van der Waals surface area contributed by atoms with E-state index < -0.39 is 0 Å². The number of rotatable bonds is 6. The highest BCUT2D eigenvalue weighted by Gasteiger charge is 2.02. The van der Waals surface area contributed by atoms with Crippen molar-refractivity contribution in [1.82, 2.24) is 9.97 Å². The molecule has 0 bridgehead atoms. The summed E-state index contributed by atoms with van der Waals surface area (Å²) in [6.07, 6.45) is 0.775. The SMILES string of the molecule is N#CCCNc1cc(NCCC#N)nc(Cl)n1. The van der Waals surface area contributed by atoms with Crippen LogP contribution in [0.4, 0.5) is 11.6 Å². The Bertz CT molecular complexity index is 409. The molecule has 17 heavy (non-hydrogen) atoms. The summed E-state index contributed by atoms with van der Waals surface area (Å²) in [4.78, 5) is 7.93. The first-order valence-electron chi connectivity index (χ1n) is 5.02. The van der Waals surface area contributed by atoms with Gasteiger partial charge in [-0.05, 0) is 11.6 Å². The van der Waals surface area contributed by atoms with Gasteiger partial charge in [0.1, 0.15) is 11.6 Å². The van der Waals surface area contributed by atoms with E-state index in [1.807, 2.05) is 12.1 Å². The number of nitriles is 2. The molecule has 0 aliphatic heterocycles. The minimum Gasteiger partial charge on any atom is -0.369 e. The van der Waals surface area contributed by atoms with Crippen molar-refractivity contribution in [2.24, 2.45) is 0 Å². The summed E-state index contributed by atoms with van der Waals surface area (Å²) in [5.74, 6) is 1.11. The molecular weight excluding hydrogens is 240 g/mol. The lowest BCUT2D eigenvalue weighted by atomic mass is 10.4. The zero-order valence-corrected chi connectivity index (χ0v) is 9.83. The quantitative estimate of drug-likeness (QED) is 0.590. The van der Waals surface area contributed by atoms with Gasteiger partial charge in [0.05, 0.1) is 25.0 Å². The summed E-state index contributed by atoms with van der Waals surface area (Å²) in [5, 5.41) is 22.8. The molecule has 1 aromatic heterocycles.